The van der Waals surface area contributed by atoms with Gasteiger partial charge < -0.3 is 14.4 Å². The Balaban J connectivity index is -0.000000191. The van der Waals surface area contributed by atoms with E-state index in [0.717, 1.165) is 17.0 Å². The maximum atomic E-state index is 8.00. The monoisotopic (exact) mass is 514 g/mol. The van der Waals surface area contributed by atoms with Crippen LogP contribution in [-0.2, 0) is 34.8 Å². The van der Waals surface area contributed by atoms with Crippen LogP contribution >= 0.6 is 0 Å². The molecule has 0 bridgehead atoms. The van der Waals surface area contributed by atoms with Gasteiger partial charge in [0.2, 0.25) is 0 Å². The standard InChI is InChI=1S/C13H12N2.C2H3N.3CH2O.Re/c1-3-11-5-7-15-13(9-11)12-8-10(2)4-6-14-12;1-2-3;3*1-2;/h3-9H,1H2,2H3;1H3;3*1H2;. The van der Waals surface area contributed by atoms with E-state index in [1.165, 1.54) is 12.5 Å². The van der Waals surface area contributed by atoms with Crippen molar-refractivity contribution in [3.05, 3.63) is 54.4 Å². The van der Waals surface area contributed by atoms with Crippen molar-refractivity contribution >= 4 is 26.4 Å². The second-order valence-corrected chi connectivity index (χ2v) is 3.62. The third-order valence-electron chi connectivity index (χ3n) is 2.20. The zero-order valence-electron chi connectivity index (χ0n) is 14.3. The van der Waals surface area contributed by atoms with E-state index in [1.807, 2.05) is 51.6 Å². The fraction of sp³-hybridized carbons (Fsp3) is 0.111. The minimum Gasteiger partial charge on any atom is -0.307 e. The number of nitrogens with zero attached hydrogens (tertiary/aromatic N) is 3. The summed E-state index contributed by atoms with van der Waals surface area (Å²) in [5.41, 5.74) is 4.03. The molecular formula is C18H21N3O3Re. The van der Waals surface area contributed by atoms with Crippen LogP contribution in [0.2, 0.25) is 0 Å². The quantitative estimate of drug-likeness (QED) is 0.612. The maximum Gasteiger partial charge on any atom is 0.106 e. The molecule has 0 atom stereocenters. The number of carbonyl (C=O) groups excluding carboxylic acids is 3. The van der Waals surface area contributed by atoms with Crippen LogP contribution in [0.25, 0.3) is 17.5 Å². The first kappa shape index (κ1) is 30.1. The molecule has 0 saturated carbocycles. The minimum absolute atomic E-state index is 0. The van der Waals surface area contributed by atoms with E-state index < -0.39 is 0 Å². The summed E-state index contributed by atoms with van der Waals surface area (Å²) in [4.78, 5) is 32.6. The van der Waals surface area contributed by atoms with Crippen molar-refractivity contribution in [2.45, 2.75) is 13.8 Å². The van der Waals surface area contributed by atoms with Crippen molar-refractivity contribution < 1.29 is 34.8 Å². The molecule has 0 amide bonds. The van der Waals surface area contributed by atoms with E-state index in [2.05, 4.69) is 16.5 Å². The van der Waals surface area contributed by atoms with Crippen molar-refractivity contribution in [2.75, 3.05) is 0 Å². The molecule has 2 aromatic heterocycles. The second-order valence-electron chi connectivity index (χ2n) is 3.62. The van der Waals surface area contributed by atoms with E-state index in [0.29, 0.717) is 0 Å². The van der Waals surface area contributed by atoms with Crippen LogP contribution < -0.4 is 0 Å². The van der Waals surface area contributed by atoms with Gasteiger partial charge in [-0.05, 0) is 42.3 Å². The van der Waals surface area contributed by atoms with Crippen molar-refractivity contribution in [3.8, 4) is 17.5 Å². The Morgan fingerprint density at radius 2 is 1.36 bits per heavy atom. The van der Waals surface area contributed by atoms with Gasteiger partial charge in [0.05, 0.1) is 17.5 Å². The third-order valence-corrected chi connectivity index (χ3v) is 2.20. The van der Waals surface area contributed by atoms with E-state index in [-0.39, 0.29) is 20.4 Å². The number of pyridine rings is 2. The number of carbonyl (C=O) groups is 3. The molecule has 0 N–H and O–H groups in total. The van der Waals surface area contributed by atoms with Crippen molar-refractivity contribution in [1.82, 2.24) is 9.97 Å². The molecule has 0 unspecified atom stereocenters. The van der Waals surface area contributed by atoms with Crippen LogP contribution in [0, 0.1) is 18.3 Å². The van der Waals surface area contributed by atoms with E-state index in [9.17, 15) is 0 Å². The largest absolute Gasteiger partial charge is 0.307 e. The third kappa shape index (κ3) is 14.5. The Morgan fingerprint density at radius 3 is 1.76 bits per heavy atom. The number of rotatable bonds is 2. The average Bonchev–Trinajstić information content (AvgIpc) is 2.67. The minimum atomic E-state index is 0. The number of hydrogen-bond acceptors (Lipinski definition) is 6. The molecule has 25 heavy (non-hydrogen) atoms. The molecule has 0 aliphatic carbocycles. The normalized spacial score (nSPS) is 6.76. The first-order chi connectivity index (χ1) is 11.7. The summed E-state index contributed by atoms with van der Waals surface area (Å²) in [6, 6.07) is 9.65. The molecule has 0 saturated heterocycles. The Bertz CT molecular complexity index is 626. The van der Waals surface area contributed by atoms with E-state index in [1.54, 1.807) is 24.5 Å². The fourth-order valence-electron chi connectivity index (χ4n) is 1.39. The van der Waals surface area contributed by atoms with Gasteiger partial charge in [-0.15, -0.1) is 0 Å². The summed E-state index contributed by atoms with van der Waals surface area (Å²) < 4.78 is 0. The molecule has 0 aliphatic heterocycles. The summed E-state index contributed by atoms with van der Waals surface area (Å²) in [5.74, 6) is 0. The van der Waals surface area contributed by atoms with Gasteiger partial charge in [-0.3, -0.25) is 9.97 Å². The van der Waals surface area contributed by atoms with Gasteiger partial charge in [-0.2, -0.15) is 5.26 Å². The van der Waals surface area contributed by atoms with Crippen molar-refractivity contribution in [3.63, 3.8) is 0 Å². The van der Waals surface area contributed by atoms with Gasteiger partial charge in [-0.25, -0.2) is 0 Å². The number of hydrogen-bond donors (Lipinski definition) is 0. The first-order valence-corrected chi connectivity index (χ1v) is 6.40. The molecule has 0 fully saturated rings. The van der Waals surface area contributed by atoms with Crippen molar-refractivity contribution in [1.29, 1.82) is 5.26 Å². The van der Waals surface area contributed by atoms with Gasteiger partial charge in [0, 0.05) is 39.7 Å². The SMILES string of the molecule is C=Cc1ccnc(-c2cc(C)ccn2)c1.C=O.C=O.C=O.CC#N.[Re]. The van der Waals surface area contributed by atoms with Crippen LogP contribution in [0.5, 0.6) is 0 Å². The molecule has 133 valence electrons. The van der Waals surface area contributed by atoms with Gasteiger partial charge in [0.25, 0.3) is 0 Å². The van der Waals surface area contributed by atoms with Crippen LogP contribution in [0.3, 0.4) is 0 Å². The predicted octanol–water partition coefficient (Wildman–Crippen LogP) is 3.07. The molecule has 0 aliphatic rings. The Labute approximate surface area is 162 Å². The summed E-state index contributed by atoms with van der Waals surface area (Å²) >= 11 is 0. The van der Waals surface area contributed by atoms with E-state index in [4.69, 9.17) is 19.6 Å². The van der Waals surface area contributed by atoms with Crippen LogP contribution in [-0.4, -0.2) is 30.3 Å². The molecular weight excluding hydrogens is 492 g/mol. The summed E-state index contributed by atoms with van der Waals surface area (Å²) in [6.45, 7) is 13.2. The summed E-state index contributed by atoms with van der Waals surface area (Å²) in [5, 5.41) is 7.32. The first-order valence-electron chi connectivity index (χ1n) is 6.40. The van der Waals surface area contributed by atoms with Crippen LogP contribution in [0.4, 0.5) is 0 Å². The molecule has 0 spiro atoms. The fourth-order valence-corrected chi connectivity index (χ4v) is 1.39. The molecule has 6 nitrogen and oxygen atoms in total. The number of aromatic nitrogens is 2. The Kier molecular flexibility index (Phi) is 28.3. The van der Waals surface area contributed by atoms with Gasteiger partial charge in [-0.1, -0.05) is 12.7 Å². The second kappa shape index (κ2) is 23.5. The number of nitriles is 1. The molecule has 7 heteroatoms. The zero-order chi connectivity index (χ0) is 19.4. The summed E-state index contributed by atoms with van der Waals surface area (Å²) in [7, 11) is 0. The predicted molar refractivity (Wildman–Crippen MR) is 94.9 cm³/mol. The number of aryl methyl sites for hydroxylation is 1. The maximum absolute atomic E-state index is 8.00. The van der Waals surface area contributed by atoms with Crippen molar-refractivity contribution in [2.24, 2.45) is 0 Å². The molecule has 2 rings (SSSR count). The Morgan fingerprint density at radius 1 is 0.960 bits per heavy atom. The van der Waals surface area contributed by atoms with Gasteiger partial charge in [0.1, 0.15) is 20.4 Å². The molecule has 0 aromatic carbocycles. The summed E-state index contributed by atoms with van der Waals surface area (Å²) in [6.07, 6.45) is 5.38. The molecule has 1 radical (unpaired) electrons. The van der Waals surface area contributed by atoms with Gasteiger partial charge >= 0.3 is 0 Å². The molecule has 2 heterocycles. The molecule has 2 aromatic rings. The topological polar surface area (TPSA) is 101 Å². The van der Waals surface area contributed by atoms with Crippen LogP contribution in [0.15, 0.2) is 43.2 Å². The zero-order valence-corrected chi connectivity index (χ0v) is 17.0. The Hall–Kier alpha value is -2.80. The van der Waals surface area contributed by atoms with Crippen LogP contribution in [0.1, 0.15) is 18.1 Å². The van der Waals surface area contributed by atoms with Gasteiger partial charge in [0.15, 0.2) is 0 Å². The smallest absolute Gasteiger partial charge is 0.106 e. The average molecular weight is 514 g/mol. The van der Waals surface area contributed by atoms with E-state index >= 15 is 0 Å².